The average molecular weight is 251 g/mol. The second-order valence-electron chi connectivity index (χ2n) is 4.51. The predicted molar refractivity (Wildman–Crippen MR) is 70.5 cm³/mol. The Morgan fingerprint density at radius 2 is 1.94 bits per heavy atom. The molecule has 4 heteroatoms. The molecule has 0 saturated carbocycles. The lowest BCUT2D eigenvalue weighted by Gasteiger charge is -2.25. The standard InChI is InChI=1S/C14H21NO3/c1-4-18-13(16)14(2,10-15)9-11-5-7-12(17-3)8-6-11/h5-8H,4,9-10,15H2,1-3H3. The van der Waals surface area contributed by atoms with Gasteiger partial charge in [0.2, 0.25) is 0 Å². The lowest BCUT2D eigenvalue weighted by molar-refractivity contribution is -0.153. The van der Waals surface area contributed by atoms with Crippen LogP contribution in [0.4, 0.5) is 0 Å². The van der Waals surface area contributed by atoms with E-state index in [1.165, 1.54) is 0 Å². The summed E-state index contributed by atoms with van der Waals surface area (Å²) in [5.41, 5.74) is 6.08. The smallest absolute Gasteiger partial charge is 0.313 e. The highest BCUT2D eigenvalue weighted by atomic mass is 16.5. The van der Waals surface area contributed by atoms with Gasteiger partial charge in [-0.05, 0) is 38.0 Å². The van der Waals surface area contributed by atoms with Crippen molar-refractivity contribution < 1.29 is 14.3 Å². The van der Waals surface area contributed by atoms with Gasteiger partial charge in [0.1, 0.15) is 5.75 Å². The molecule has 100 valence electrons. The Hall–Kier alpha value is -1.55. The molecule has 0 aliphatic rings. The fraction of sp³-hybridized carbons (Fsp3) is 0.500. The Balaban J connectivity index is 2.80. The number of hydrogen-bond acceptors (Lipinski definition) is 4. The topological polar surface area (TPSA) is 61.5 Å². The monoisotopic (exact) mass is 251 g/mol. The molecule has 1 atom stereocenters. The average Bonchev–Trinajstić information content (AvgIpc) is 2.39. The molecule has 2 N–H and O–H groups in total. The summed E-state index contributed by atoms with van der Waals surface area (Å²) in [6, 6.07) is 7.62. The summed E-state index contributed by atoms with van der Waals surface area (Å²) in [4.78, 5) is 11.9. The zero-order valence-electron chi connectivity index (χ0n) is 11.2. The maximum Gasteiger partial charge on any atom is 0.313 e. The van der Waals surface area contributed by atoms with Gasteiger partial charge in [0.15, 0.2) is 0 Å². The minimum absolute atomic E-state index is 0.247. The van der Waals surface area contributed by atoms with Crippen LogP contribution in [0.15, 0.2) is 24.3 Å². The van der Waals surface area contributed by atoms with Crippen molar-refractivity contribution in [1.29, 1.82) is 0 Å². The summed E-state index contributed by atoms with van der Waals surface area (Å²) < 4.78 is 10.2. The van der Waals surface area contributed by atoms with Gasteiger partial charge in [0.05, 0.1) is 19.1 Å². The number of carbonyl (C=O) groups is 1. The first-order chi connectivity index (χ1) is 8.55. The van der Waals surface area contributed by atoms with Gasteiger partial charge in [0.25, 0.3) is 0 Å². The third-order valence-electron chi connectivity index (χ3n) is 2.97. The normalized spacial score (nSPS) is 13.8. The van der Waals surface area contributed by atoms with Crippen LogP contribution >= 0.6 is 0 Å². The van der Waals surface area contributed by atoms with E-state index in [2.05, 4.69) is 0 Å². The molecule has 0 aliphatic carbocycles. The van der Waals surface area contributed by atoms with E-state index in [0.717, 1.165) is 11.3 Å². The Morgan fingerprint density at radius 3 is 2.39 bits per heavy atom. The number of ether oxygens (including phenoxy) is 2. The predicted octanol–water partition coefficient (Wildman–Crippen LogP) is 1.77. The highest BCUT2D eigenvalue weighted by Crippen LogP contribution is 2.24. The number of benzene rings is 1. The van der Waals surface area contributed by atoms with E-state index in [0.29, 0.717) is 13.0 Å². The molecular formula is C14H21NO3. The molecule has 0 radical (unpaired) electrons. The van der Waals surface area contributed by atoms with Crippen molar-refractivity contribution in [3.8, 4) is 5.75 Å². The molecule has 0 fully saturated rings. The molecule has 1 aromatic carbocycles. The van der Waals surface area contributed by atoms with E-state index in [-0.39, 0.29) is 12.5 Å². The van der Waals surface area contributed by atoms with Crippen molar-refractivity contribution in [3.05, 3.63) is 29.8 Å². The van der Waals surface area contributed by atoms with Crippen molar-refractivity contribution in [3.63, 3.8) is 0 Å². The summed E-state index contributed by atoms with van der Waals surface area (Å²) in [6.07, 6.45) is 0.562. The van der Waals surface area contributed by atoms with Crippen LogP contribution in [0.5, 0.6) is 5.75 Å². The molecule has 1 aromatic rings. The Bertz CT molecular complexity index is 389. The Kier molecular flexibility index (Phi) is 5.16. The first kappa shape index (κ1) is 14.5. The third-order valence-corrected chi connectivity index (χ3v) is 2.97. The van der Waals surface area contributed by atoms with Crippen molar-refractivity contribution in [2.75, 3.05) is 20.3 Å². The number of methoxy groups -OCH3 is 1. The minimum Gasteiger partial charge on any atom is -0.497 e. The van der Waals surface area contributed by atoms with E-state index in [1.807, 2.05) is 31.2 Å². The van der Waals surface area contributed by atoms with Gasteiger partial charge in [-0.25, -0.2) is 0 Å². The summed E-state index contributed by atoms with van der Waals surface area (Å²) in [5, 5.41) is 0. The van der Waals surface area contributed by atoms with E-state index in [4.69, 9.17) is 15.2 Å². The van der Waals surface area contributed by atoms with Crippen LogP contribution in [0, 0.1) is 5.41 Å². The van der Waals surface area contributed by atoms with Gasteiger partial charge in [-0.15, -0.1) is 0 Å². The Labute approximate surface area is 108 Å². The largest absolute Gasteiger partial charge is 0.497 e. The molecule has 0 bridgehead atoms. The van der Waals surface area contributed by atoms with Crippen molar-refractivity contribution in [1.82, 2.24) is 0 Å². The van der Waals surface area contributed by atoms with Crippen LogP contribution in [0.25, 0.3) is 0 Å². The first-order valence-electron chi connectivity index (χ1n) is 6.06. The molecule has 0 aromatic heterocycles. The van der Waals surface area contributed by atoms with Crippen LogP contribution < -0.4 is 10.5 Å². The van der Waals surface area contributed by atoms with Gasteiger partial charge in [0, 0.05) is 6.54 Å². The zero-order chi connectivity index (χ0) is 13.6. The van der Waals surface area contributed by atoms with Crippen LogP contribution in [0.2, 0.25) is 0 Å². The summed E-state index contributed by atoms with van der Waals surface area (Å²) in [7, 11) is 1.62. The van der Waals surface area contributed by atoms with Gasteiger partial charge >= 0.3 is 5.97 Å². The van der Waals surface area contributed by atoms with E-state index in [9.17, 15) is 4.79 Å². The number of carbonyl (C=O) groups excluding carboxylic acids is 1. The molecule has 0 amide bonds. The molecule has 4 nitrogen and oxygen atoms in total. The summed E-state index contributed by atoms with van der Waals surface area (Å²) in [6.45, 7) is 4.26. The number of nitrogens with two attached hydrogens (primary N) is 1. The molecule has 0 saturated heterocycles. The quantitative estimate of drug-likeness (QED) is 0.783. The SMILES string of the molecule is CCOC(=O)C(C)(CN)Cc1ccc(OC)cc1. The lowest BCUT2D eigenvalue weighted by Crippen LogP contribution is -2.39. The Morgan fingerprint density at radius 1 is 1.33 bits per heavy atom. The minimum atomic E-state index is -0.676. The van der Waals surface area contributed by atoms with Gasteiger partial charge in [-0.3, -0.25) is 4.79 Å². The summed E-state index contributed by atoms with van der Waals surface area (Å²) in [5.74, 6) is 0.549. The van der Waals surface area contributed by atoms with Gasteiger partial charge in [-0.2, -0.15) is 0 Å². The summed E-state index contributed by atoms with van der Waals surface area (Å²) >= 11 is 0. The van der Waals surface area contributed by atoms with Crippen LogP contribution in [0.1, 0.15) is 19.4 Å². The number of hydrogen-bond donors (Lipinski definition) is 1. The molecule has 18 heavy (non-hydrogen) atoms. The molecule has 0 heterocycles. The van der Waals surface area contributed by atoms with Gasteiger partial charge in [-0.1, -0.05) is 12.1 Å². The van der Waals surface area contributed by atoms with E-state index < -0.39 is 5.41 Å². The van der Waals surface area contributed by atoms with Crippen LogP contribution in [0.3, 0.4) is 0 Å². The lowest BCUT2D eigenvalue weighted by atomic mass is 9.83. The molecule has 0 spiro atoms. The van der Waals surface area contributed by atoms with Gasteiger partial charge < -0.3 is 15.2 Å². The molecule has 0 aliphatic heterocycles. The maximum absolute atomic E-state index is 11.9. The van der Waals surface area contributed by atoms with E-state index >= 15 is 0 Å². The first-order valence-corrected chi connectivity index (χ1v) is 6.06. The molecule has 1 unspecified atom stereocenters. The molecule has 1 rings (SSSR count). The fourth-order valence-corrected chi connectivity index (χ4v) is 1.73. The van der Waals surface area contributed by atoms with E-state index in [1.54, 1.807) is 14.0 Å². The maximum atomic E-state index is 11.9. The highest BCUT2D eigenvalue weighted by Gasteiger charge is 2.33. The number of esters is 1. The van der Waals surface area contributed by atoms with Crippen molar-refractivity contribution in [2.45, 2.75) is 20.3 Å². The van der Waals surface area contributed by atoms with Crippen LogP contribution in [-0.4, -0.2) is 26.2 Å². The van der Waals surface area contributed by atoms with Crippen molar-refractivity contribution in [2.24, 2.45) is 11.1 Å². The van der Waals surface area contributed by atoms with Crippen LogP contribution in [-0.2, 0) is 16.0 Å². The van der Waals surface area contributed by atoms with Crippen molar-refractivity contribution >= 4 is 5.97 Å². The third kappa shape index (κ3) is 3.47. The second-order valence-corrected chi connectivity index (χ2v) is 4.51. The fourth-order valence-electron chi connectivity index (χ4n) is 1.73. The number of rotatable bonds is 6. The zero-order valence-corrected chi connectivity index (χ0v) is 11.2. The molecular weight excluding hydrogens is 230 g/mol. The highest BCUT2D eigenvalue weighted by molar-refractivity contribution is 5.77. The second kappa shape index (κ2) is 6.40.